The molecule has 1 aliphatic rings. The number of para-hydroxylation sites is 1. The number of esters is 1. The van der Waals surface area contributed by atoms with E-state index in [1.54, 1.807) is 42.5 Å². The quantitative estimate of drug-likeness (QED) is 0.324. The summed E-state index contributed by atoms with van der Waals surface area (Å²) in [6, 6.07) is 15.1. The van der Waals surface area contributed by atoms with Crippen LogP contribution in [-0.2, 0) is 14.3 Å². The van der Waals surface area contributed by atoms with Crippen molar-refractivity contribution in [2.75, 3.05) is 5.75 Å². The summed E-state index contributed by atoms with van der Waals surface area (Å²) in [6.45, 7) is 0. The molecule has 3 rings (SSSR count). The Morgan fingerprint density at radius 1 is 1.15 bits per heavy atom. The molecule has 1 aliphatic carbocycles. The van der Waals surface area contributed by atoms with Crippen LogP contribution >= 0.6 is 11.8 Å². The number of hydrogen-bond acceptors (Lipinski definition) is 6. The van der Waals surface area contributed by atoms with Gasteiger partial charge >= 0.3 is 5.97 Å². The lowest BCUT2D eigenvalue weighted by atomic mass is 10.1. The van der Waals surface area contributed by atoms with Crippen molar-refractivity contribution < 1.29 is 19.2 Å². The molecule has 1 fully saturated rings. The average Bonchev–Trinajstić information content (AvgIpc) is 3.49. The van der Waals surface area contributed by atoms with Crippen LogP contribution in [0.3, 0.4) is 0 Å². The Morgan fingerprint density at radius 2 is 1.81 bits per heavy atom. The van der Waals surface area contributed by atoms with Gasteiger partial charge in [-0.15, -0.1) is 11.8 Å². The van der Waals surface area contributed by atoms with E-state index in [4.69, 9.17) is 4.74 Å². The van der Waals surface area contributed by atoms with Gasteiger partial charge in [-0.25, -0.2) is 0 Å². The van der Waals surface area contributed by atoms with Gasteiger partial charge in [-0.05, 0) is 18.9 Å². The summed E-state index contributed by atoms with van der Waals surface area (Å²) in [5.74, 6) is -1.10. The molecule has 8 heteroatoms. The predicted octanol–water partition coefficient (Wildman–Crippen LogP) is 3.25. The molecule has 0 unspecified atom stereocenters. The molecule has 7 nitrogen and oxygen atoms in total. The zero-order chi connectivity index (χ0) is 19.2. The minimum atomic E-state index is -1.04. The van der Waals surface area contributed by atoms with Crippen LogP contribution in [0.15, 0.2) is 59.5 Å². The van der Waals surface area contributed by atoms with Crippen LogP contribution in [0.25, 0.3) is 0 Å². The first-order valence-corrected chi connectivity index (χ1v) is 9.44. The standard InChI is InChI=1S/C19H18N2O5S/c22-17(12-27-16-9-5-4-8-15(16)21(24)25)26-18(13-6-2-1-3-7-13)19(23)20-14-10-11-14/h1-9,14,18H,10-12H2,(H,20,23)/t18-/m0/s1. The third-order valence-electron chi connectivity index (χ3n) is 3.92. The molecule has 1 atom stereocenters. The van der Waals surface area contributed by atoms with E-state index in [0.29, 0.717) is 10.5 Å². The molecule has 27 heavy (non-hydrogen) atoms. The van der Waals surface area contributed by atoms with Crippen molar-refractivity contribution in [1.82, 2.24) is 5.32 Å². The summed E-state index contributed by atoms with van der Waals surface area (Å²) in [4.78, 5) is 35.7. The van der Waals surface area contributed by atoms with Crippen LogP contribution in [0.5, 0.6) is 0 Å². The largest absolute Gasteiger partial charge is 0.447 e. The van der Waals surface area contributed by atoms with Gasteiger partial charge in [0.15, 0.2) is 0 Å². The van der Waals surface area contributed by atoms with Crippen molar-refractivity contribution in [3.63, 3.8) is 0 Å². The molecular formula is C19H18N2O5S. The topological polar surface area (TPSA) is 98.5 Å². The van der Waals surface area contributed by atoms with Gasteiger partial charge in [0.05, 0.1) is 15.6 Å². The second-order valence-corrected chi connectivity index (χ2v) is 7.09. The Kier molecular flexibility index (Phi) is 6.08. The first kappa shape index (κ1) is 18.9. The van der Waals surface area contributed by atoms with Crippen molar-refractivity contribution >= 4 is 29.3 Å². The maximum Gasteiger partial charge on any atom is 0.317 e. The summed E-state index contributed by atoms with van der Waals surface area (Å²) in [6.07, 6.45) is 0.814. The highest BCUT2D eigenvalue weighted by molar-refractivity contribution is 8.00. The number of benzene rings is 2. The number of amides is 1. The highest BCUT2D eigenvalue weighted by atomic mass is 32.2. The van der Waals surface area contributed by atoms with E-state index < -0.39 is 17.0 Å². The first-order chi connectivity index (χ1) is 13.0. The molecule has 0 radical (unpaired) electrons. The van der Waals surface area contributed by atoms with Crippen molar-refractivity contribution in [3.8, 4) is 0 Å². The number of carbonyl (C=O) groups excluding carboxylic acids is 2. The van der Waals surface area contributed by atoms with Gasteiger partial charge in [0.2, 0.25) is 6.10 Å². The highest BCUT2D eigenvalue weighted by Crippen LogP contribution is 2.29. The molecule has 0 heterocycles. The van der Waals surface area contributed by atoms with Crippen molar-refractivity contribution in [3.05, 3.63) is 70.3 Å². The number of nitrogens with one attached hydrogen (secondary N) is 1. The van der Waals surface area contributed by atoms with Crippen LogP contribution in [-0.4, -0.2) is 28.6 Å². The monoisotopic (exact) mass is 386 g/mol. The smallest absolute Gasteiger partial charge is 0.317 e. The number of nitro benzene ring substituents is 1. The normalized spacial score (nSPS) is 14.2. The Balaban J connectivity index is 1.66. The van der Waals surface area contributed by atoms with E-state index in [1.807, 2.05) is 6.07 Å². The van der Waals surface area contributed by atoms with Gasteiger partial charge < -0.3 is 10.1 Å². The minimum absolute atomic E-state index is 0.0682. The first-order valence-electron chi connectivity index (χ1n) is 8.45. The number of carbonyl (C=O) groups is 2. The van der Waals surface area contributed by atoms with Crippen LogP contribution in [0.2, 0.25) is 0 Å². The van der Waals surface area contributed by atoms with E-state index in [0.717, 1.165) is 24.6 Å². The molecule has 1 N–H and O–H groups in total. The number of nitrogens with zero attached hydrogens (tertiary/aromatic N) is 1. The van der Waals surface area contributed by atoms with Crippen molar-refractivity contribution in [2.24, 2.45) is 0 Å². The maximum atomic E-state index is 12.5. The number of nitro groups is 1. The number of thioether (sulfide) groups is 1. The molecule has 0 saturated heterocycles. The summed E-state index contributed by atoms with van der Waals surface area (Å²) >= 11 is 1.01. The zero-order valence-electron chi connectivity index (χ0n) is 14.4. The zero-order valence-corrected chi connectivity index (χ0v) is 15.2. The minimum Gasteiger partial charge on any atom is -0.447 e. The third kappa shape index (κ3) is 5.30. The third-order valence-corrected chi connectivity index (χ3v) is 4.96. The Hall–Kier alpha value is -2.87. The van der Waals surface area contributed by atoms with E-state index >= 15 is 0 Å². The average molecular weight is 386 g/mol. The molecule has 0 bridgehead atoms. The van der Waals surface area contributed by atoms with Crippen LogP contribution in [0, 0.1) is 10.1 Å². The van der Waals surface area contributed by atoms with Crippen LogP contribution in [0.4, 0.5) is 5.69 Å². The summed E-state index contributed by atoms with van der Waals surface area (Å²) < 4.78 is 5.41. The molecule has 0 aromatic heterocycles. The Bertz CT molecular complexity index is 839. The van der Waals surface area contributed by atoms with Gasteiger partial charge in [-0.2, -0.15) is 0 Å². The molecule has 0 aliphatic heterocycles. The number of hydrogen-bond donors (Lipinski definition) is 1. The summed E-state index contributed by atoms with van der Waals surface area (Å²) in [7, 11) is 0. The van der Waals surface area contributed by atoms with Gasteiger partial charge in [-0.3, -0.25) is 19.7 Å². The lowest BCUT2D eigenvalue weighted by Crippen LogP contribution is -2.33. The molecule has 1 amide bonds. The molecular weight excluding hydrogens is 368 g/mol. The predicted molar refractivity (Wildman–Crippen MR) is 100 cm³/mol. The van der Waals surface area contributed by atoms with E-state index in [9.17, 15) is 19.7 Å². The summed E-state index contributed by atoms with van der Waals surface area (Å²) in [5.41, 5.74) is 0.515. The highest BCUT2D eigenvalue weighted by Gasteiger charge is 2.30. The second kappa shape index (κ2) is 8.68. The van der Waals surface area contributed by atoms with Crippen LogP contribution < -0.4 is 5.32 Å². The van der Waals surface area contributed by atoms with E-state index in [1.165, 1.54) is 6.07 Å². The maximum absolute atomic E-state index is 12.5. The van der Waals surface area contributed by atoms with E-state index in [-0.39, 0.29) is 23.4 Å². The second-order valence-electron chi connectivity index (χ2n) is 6.08. The number of ether oxygens (including phenoxy) is 1. The van der Waals surface area contributed by atoms with Crippen molar-refractivity contribution in [1.29, 1.82) is 0 Å². The molecule has 0 spiro atoms. The summed E-state index contributed by atoms with van der Waals surface area (Å²) in [5, 5.41) is 13.9. The van der Waals surface area contributed by atoms with Gasteiger partial charge in [0.1, 0.15) is 0 Å². The Labute approximate surface area is 160 Å². The van der Waals surface area contributed by atoms with Gasteiger partial charge in [0.25, 0.3) is 11.6 Å². The fourth-order valence-electron chi connectivity index (χ4n) is 2.44. The number of rotatable bonds is 8. The fourth-order valence-corrected chi connectivity index (χ4v) is 3.24. The lowest BCUT2D eigenvalue weighted by Gasteiger charge is -2.18. The molecule has 2 aromatic carbocycles. The molecule has 2 aromatic rings. The molecule has 140 valence electrons. The van der Waals surface area contributed by atoms with Crippen LogP contribution in [0.1, 0.15) is 24.5 Å². The SMILES string of the molecule is O=C(CSc1ccccc1[N+](=O)[O-])O[C@H](C(=O)NC1CC1)c1ccccc1. The van der Waals surface area contributed by atoms with Gasteiger partial charge in [-0.1, -0.05) is 42.5 Å². The Morgan fingerprint density at radius 3 is 2.48 bits per heavy atom. The fraction of sp³-hybridized carbons (Fsp3) is 0.263. The van der Waals surface area contributed by atoms with Gasteiger partial charge in [0, 0.05) is 17.7 Å². The van der Waals surface area contributed by atoms with Crippen molar-refractivity contribution in [2.45, 2.75) is 29.9 Å². The van der Waals surface area contributed by atoms with E-state index in [2.05, 4.69) is 5.32 Å². The molecule has 1 saturated carbocycles. The lowest BCUT2D eigenvalue weighted by molar-refractivity contribution is -0.387.